The second kappa shape index (κ2) is 5.84. The first kappa shape index (κ1) is 6.59. The summed E-state index contributed by atoms with van der Waals surface area (Å²) in [6.45, 7) is 4.10. The number of aliphatic carboxylic acids is 1. The van der Waals surface area contributed by atoms with Crippen molar-refractivity contribution in [3.8, 4) is 0 Å². The lowest BCUT2D eigenvalue weighted by atomic mass is 10.0. The molecule has 0 aliphatic carbocycles. The summed E-state index contributed by atoms with van der Waals surface area (Å²) in [5.74, 6) is -4.74. The monoisotopic (exact) mass is 239 g/mol. The maximum Gasteiger partial charge on any atom is 0.513 e. The average Bonchev–Trinajstić information content (AvgIpc) is 2.34. The molecule has 0 aromatic heterocycles. The number of nitrogens with two attached hydrogens (primary N) is 1. The van der Waals surface area contributed by atoms with Crippen LogP contribution in [0.15, 0.2) is 0 Å². The molecule has 0 bridgehead atoms. The fraction of sp³-hybridized carbons (Fsp3) is 0.818. The molecule has 1 unspecified atom stereocenters. The standard InChI is InChI=1S/C11H21NO4/c1-7(2)6-8(9(13)14)12-10(15)16-11(3,4)5/h7-8H,6H2,1-5H3,(H,12,15)(H,13,14)/p+1/t8-/m0/s1/i1D,6D2,7D,8D/hD2/t7?,8-. The highest BCUT2D eigenvalue weighted by Gasteiger charge is 2.29. The van der Waals surface area contributed by atoms with Gasteiger partial charge < -0.3 is 9.84 Å². The van der Waals surface area contributed by atoms with Gasteiger partial charge in [-0.15, -0.1) is 0 Å². The van der Waals surface area contributed by atoms with Crippen molar-refractivity contribution < 1.29 is 34.4 Å². The Morgan fingerprint density at radius 3 is 2.62 bits per heavy atom. The van der Waals surface area contributed by atoms with Crippen LogP contribution in [-0.2, 0) is 9.53 Å². The van der Waals surface area contributed by atoms with Crippen LogP contribution in [0.1, 0.15) is 47.8 Å². The number of hydrogen-bond donors (Lipinski definition) is 2. The summed E-state index contributed by atoms with van der Waals surface area (Å²) in [7, 11) is 0. The molecule has 3 N–H and O–H groups in total. The van der Waals surface area contributed by atoms with Crippen LogP contribution in [0.2, 0.25) is 2.82 Å². The van der Waals surface area contributed by atoms with Gasteiger partial charge in [0.2, 0.25) is 0 Å². The van der Waals surface area contributed by atoms with Gasteiger partial charge in [0.1, 0.15) is 6.97 Å². The summed E-state index contributed by atoms with van der Waals surface area (Å²) < 4.78 is 58.6. The van der Waals surface area contributed by atoms with E-state index in [4.69, 9.17) is 14.4 Å². The molecule has 0 saturated heterocycles. The minimum Gasteiger partial charge on any atom is -0.477 e. The van der Waals surface area contributed by atoms with E-state index in [0.29, 0.717) is 0 Å². The van der Waals surface area contributed by atoms with Crippen LogP contribution in [0.3, 0.4) is 0 Å². The highest BCUT2D eigenvalue weighted by Crippen LogP contribution is 2.06. The fourth-order valence-corrected chi connectivity index (χ4v) is 0.707. The summed E-state index contributed by atoms with van der Waals surface area (Å²) in [5.41, 5.74) is -1.20. The summed E-state index contributed by atoms with van der Waals surface area (Å²) in [5, 5.41) is 6.48. The molecule has 1 amide bonds. The molecule has 0 saturated carbocycles. The Morgan fingerprint density at radius 2 is 2.25 bits per heavy atom. The second-order valence-electron chi connectivity index (χ2n) is 4.15. The lowest BCUT2D eigenvalue weighted by molar-refractivity contribution is -0.600. The molecular formula is C11H22NO4+. The Bertz CT molecular complexity index is 489. The predicted molar refractivity (Wildman–Crippen MR) is 59.0 cm³/mol. The Labute approximate surface area is 106 Å². The molecule has 5 heteroatoms. The average molecular weight is 239 g/mol. The van der Waals surface area contributed by atoms with Crippen molar-refractivity contribution in [2.45, 2.75) is 52.6 Å². The minimum atomic E-state index is -3.74. The Balaban J connectivity index is 6.26. The van der Waals surface area contributed by atoms with E-state index in [1.165, 1.54) is 20.8 Å². The Kier molecular flexibility index (Phi) is 2.41. The number of amides is 1. The van der Waals surface area contributed by atoms with Gasteiger partial charge in [-0.1, -0.05) is 13.8 Å². The number of rotatable bonds is 4. The molecule has 94 valence electrons. The SMILES string of the molecule is [2H]CC([2H])(C)C([2H])([2H])[C@@]([2H])(C(=O)O)[N+]([2H])([2H])C(=O)OC(C)(C)C. The van der Waals surface area contributed by atoms with Crippen LogP contribution in [0.5, 0.6) is 0 Å². The van der Waals surface area contributed by atoms with E-state index in [9.17, 15) is 14.7 Å². The zero-order valence-electron chi connectivity index (χ0n) is 16.8. The summed E-state index contributed by atoms with van der Waals surface area (Å²) in [6, 6.07) is -3.74. The van der Waals surface area contributed by atoms with E-state index in [1.54, 1.807) is 0 Å². The van der Waals surface area contributed by atoms with Crippen molar-refractivity contribution in [1.82, 2.24) is 0 Å². The lowest BCUT2D eigenvalue weighted by Gasteiger charge is -2.19. The van der Waals surface area contributed by atoms with E-state index >= 15 is 0 Å². The van der Waals surface area contributed by atoms with Crippen LogP contribution in [0.25, 0.3) is 0 Å². The van der Waals surface area contributed by atoms with Crippen LogP contribution >= 0.6 is 0 Å². The molecule has 0 fully saturated rings. The molecule has 0 aromatic carbocycles. The quantitative estimate of drug-likeness (QED) is 0.766. The van der Waals surface area contributed by atoms with Crippen molar-refractivity contribution in [3.63, 3.8) is 0 Å². The van der Waals surface area contributed by atoms with Crippen molar-refractivity contribution in [1.29, 1.82) is 0 Å². The van der Waals surface area contributed by atoms with E-state index < -0.39 is 48.2 Å². The predicted octanol–water partition coefficient (Wildman–Crippen LogP) is 0.984. The van der Waals surface area contributed by atoms with Gasteiger partial charge in [0.15, 0.2) is 6.02 Å². The number of carbonyl (C=O) groups is 2. The first-order chi connectivity index (χ1) is 9.88. The van der Waals surface area contributed by atoms with Crippen molar-refractivity contribution >= 4 is 12.1 Å². The van der Waals surface area contributed by atoms with Gasteiger partial charge in [-0.3, -0.25) is 0 Å². The summed E-state index contributed by atoms with van der Waals surface area (Å²) in [4.78, 5) is 23.5. The smallest absolute Gasteiger partial charge is 0.477 e. The molecule has 0 heterocycles. The highest BCUT2D eigenvalue weighted by atomic mass is 16.6. The first-order valence-corrected chi connectivity index (χ1v) is 4.59. The molecule has 0 radical (unpaired) electrons. The first-order valence-electron chi connectivity index (χ1n) is 8.19. The number of quaternary nitrogens is 1. The number of hydrogen-bond acceptors (Lipinski definition) is 3. The highest BCUT2D eigenvalue weighted by molar-refractivity contribution is 5.73. The van der Waals surface area contributed by atoms with Crippen LogP contribution in [0.4, 0.5) is 4.79 Å². The second-order valence-corrected chi connectivity index (χ2v) is 4.15. The maximum absolute atomic E-state index is 12.0. The fourth-order valence-electron chi connectivity index (χ4n) is 0.707. The third-order valence-electron chi connectivity index (χ3n) is 1.13. The lowest BCUT2D eigenvalue weighted by Crippen LogP contribution is -2.95. The van der Waals surface area contributed by atoms with E-state index in [-0.39, 0.29) is 0 Å². The number of carboxylic acids is 1. The molecule has 16 heavy (non-hydrogen) atoms. The molecule has 0 aliphatic heterocycles. The zero-order chi connectivity index (χ0) is 19.1. The van der Waals surface area contributed by atoms with Gasteiger partial charge in [-0.2, -0.15) is 4.79 Å². The molecule has 0 rings (SSSR count). The minimum absolute atomic E-state index is 0.862. The third kappa shape index (κ3) is 7.23. The largest absolute Gasteiger partial charge is 0.513 e. The summed E-state index contributed by atoms with van der Waals surface area (Å²) in [6.07, 6.45) is -5.17. The van der Waals surface area contributed by atoms with Crippen LogP contribution in [0, 0.1) is 5.89 Å². The number of carboxylic acid groups (broad SMARTS) is 1. The molecule has 2 atom stereocenters. The maximum atomic E-state index is 12.0. The van der Waals surface area contributed by atoms with E-state index in [1.807, 2.05) is 0 Å². The van der Waals surface area contributed by atoms with Gasteiger partial charge in [0.05, 0.1) is 0 Å². The van der Waals surface area contributed by atoms with Gasteiger partial charge in [0.25, 0.3) is 0 Å². The zero-order valence-corrected chi connectivity index (χ0v) is 9.83. The number of primary amides is 1. The Hall–Kier alpha value is -1.10. The normalized spacial score (nSPS) is 27.4. The van der Waals surface area contributed by atoms with Crippen LogP contribution < -0.4 is 5.30 Å². The van der Waals surface area contributed by atoms with E-state index in [2.05, 4.69) is 0 Å². The number of carbonyl (C=O) groups excluding carboxylic acids is 1. The van der Waals surface area contributed by atoms with Gasteiger partial charge >= 0.3 is 14.9 Å². The topological polar surface area (TPSA) is 80.2 Å². The van der Waals surface area contributed by atoms with Crippen LogP contribution in [-0.4, -0.2) is 28.8 Å². The van der Waals surface area contributed by atoms with Crippen molar-refractivity contribution in [3.05, 3.63) is 0 Å². The third-order valence-corrected chi connectivity index (χ3v) is 1.13. The molecule has 0 spiro atoms. The van der Waals surface area contributed by atoms with Gasteiger partial charge in [0, 0.05) is 11.9 Å². The molecule has 0 aliphatic rings. The van der Waals surface area contributed by atoms with E-state index in [0.717, 1.165) is 6.92 Å². The van der Waals surface area contributed by atoms with Gasteiger partial charge in [-0.25, -0.2) is 10.1 Å². The number of ether oxygens (including phenoxy) is 1. The summed E-state index contributed by atoms with van der Waals surface area (Å²) >= 11 is 0. The van der Waals surface area contributed by atoms with Crippen molar-refractivity contribution in [2.24, 2.45) is 5.89 Å². The van der Waals surface area contributed by atoms with Crippen molar-refractivity contribution in [2.75, 3.05) is 0 Å². The molecule has 5 nitrogen and oxygen atoms in total. The van der Waals surface area contributed by atoms with Gasteiger partial charge in [-0.05, 0) is 26.7 Å². The molecular weight excluding hydrogens is 210 g/mol. The Morgan fingerprint density at radius 1 is 1.69 bits per heavy atom. The molecule has 0 aromatic rings.